The normalized spacial score (nSPS) is 11.9. The lowest BCUT2D eigenvalue weighted by molar-refractivity contribution is -0.269. The number of nitrogens with one attached hydrogen (secondary N) is 2. The van der Waals surface area contributed by atoms with E-state index in [-0.39, 0.29) is 5.69 Å². The Morgan fingerprint density at radius 2 is 1.50 bits per heavy atom. The number of alkyl halides is 5. The van der Waals surface area contributed by atoms with Crippen molar-refractivity contribution in [1.82, 2.24) is 5.32 Å². The summed E-state index contributed by atoms with van der Waals surface area (Å²) in [7, 11) is 0. The Balaban J connectivity index is 2.67. The van der Waals surface area contributed by atoms with Crippen molar-refractivity contribution in [2.24, 2.45) is 0 Å². The average molecular weight is 317 g/mol. The van der Waals surface area contributed by atoms with Crippen molar-refractivity contribution in [3.63, 3.8) is 0 Å². The van der Waals surface area contributed by atoms with E-state index in [0.717, 1.165) is 5.32 Å². The lowest BCUT2D eigenvalue weighted by atomic mass is 10.3. The maximum absolute atomic E-state index is 12.5. The van der Waals surface area contributed by atoms with Gasteiger partial charge in [-0.05, 0) is 24.3 Å². The Morgan fingerprint density at radius 1 is 1.00 bits per heavy atom. The zero-order chi connectivity index (χ0) is 15.6. The van der Waals surface area contributed by atoms with Gasteiger partial charge in [0.05, 0.1) is 0 Å². The maximum atomic E-state index is 12.5. The molecule has 0 bridgehead atoms. The summed E-state index contributed by atoms with van der Waals surface area (Å²) in [4.78, 5) is 21.8. The number of rotatable bonds is 2. The Hall–Kier alpha value is -1.90. The molecule has 0 spiro atoms. The maximum Gasteiger partial charge on any atom is 0.463 e. The van der Waals surface area contributed by atoms with Crippen LogP contribution in [-0.4, -0.2) is 24.0 Å². The third-order valence-electron chi connectivity index (χ3n) is 1.97. The molecule has 4 nitrogen and oxygen atoms in total. The van der Waals surface area contributed by atoms with Crippen LogP contribution in [-0.2, 0) is 4.79 Å². The quantitative estimate of drug-likeness (QED) is 0.823. The van der Waals surface area contributed by atoms with E-state index in [1.54, 1.807) is 0 Å². The van der Waals surface area contributed by atoms with E-state index in [0.29, 0.717) is 5.02 Å². The molecule has 2 N–H and O–H groups in total. The van der Waals surface area contributed by atoms with Gasteiger partial charge in [0.2, 0.25) is 0 Å². The van der Waals surface area contributed by atoms with Crippen molar-refractivity contribution in [3.05, 3.63) is 29.3 Å². The minimum atomic E-state index is -6.09. The summed E-state index contributed by atoms with van der Waals surface area (Å²) in [5.74, 6) is -8.43. The first kappa shape index (κ1) is 16.2. The highest BCUT2D eigenvalue weighted by Gasteiger charge is 2.63. The Morgan fingerprint density at radius 3 is 1.95 bits per heavy atom. The second-order valence-electron chi connectivity index (χ2n) is 3.49. The molecule has 0 aliphatic carbocycles. The first-order valence-electron chi connectivity index (χ1n) is 4.86. The molecule has 1 rings (SSSR count). The standard InChI is InChI=1S/C10H6ClF5N2O2/c11-5-1-3-6(4-2-5)17-8(20)18-7(19)9(12,13)10(14,15)16/h1-4H,(H2,17,18,19,20). The molecule has 0 aromatic heterocycles. The number of halogens is 6. The van der Waals surface area contributed by atoms with Crippen molar-refractivity contribution >= 4 is 29.2 Å². The monoisotopic (exact) mass is 316 g/mol. The fourth-order valence-electron chi connectivity index (χ4n) is 1.01. The lowest BCUT2D eigenvalue weighted by Gasteiger charge is -2.18. The SMILES string of the molecule is O=C(NC(=O)C(F)(F)C(F)(F)F)Nc1ccc(Cl)cc1. The summed E-state index contributed by atoms with van der Waals surface area (Å²) >= 11 is 5.54. The summed E-state index contributed by atoms with van der Waals surface area (Å²) in [5.41, 5.74) is 0.0509. The number of hydrogen-bond donors (Lipinski definition) is 2. The van der Waals surface area contributed by atoms with Crippen molar-refractivity contribution in [3.8, 4) is 0 Å². The molecule has 110 valence electrons. The van der Waals surface area contributed by atoms with E-state index < -0.39 is 24.0 Å². The van der Waals surface area contributed by atoms with Gasteiger partial charge < -0.3 is 5.32 Å². The molecule has 0 saturated heterocycles. The third kappa shape index (κ3) is 3.80. The van der Waals surface area contributed by atoms with Gasteiger partial charge in [-0.3, -0.25) is 10.1 Å². The predicted octanol–water partition coefficient (Wildman–Crippen LogP) is 3.19. The van der Waals surface area contributed by atoms with Gasteiger partial charge in [0, 0.05) is 10.7 Å². The van der Waals surface area contributed by atoms with Crippen LogP contribution in [0.4, 0.5) is 32.4 Å². The molecule has 1 aromatic carbocycles. The highest BCUT2D eigenvalue weighted by molar-refractivity contribution is 6.30. The summed E-state index contributed by atoms with van der Waals surface area (Å²) in [6, 6.07) is 3.66. The van der Waals surface area contributed by atoms with Crippen LogP contribution in [0.15, 0.2) is 24.3 Å². The fraction of sp³-hybridized carbons (Fsp3) is 0.200. The molecule has 3 amide bonds. The average Bonchev–Trinajstić information content (AvgIpc) is 2.30. The number of benzene rings is 1. The number of urea groups is 1. The third-order valence-corrected chi connectivity index (χ3v) is 2.22. The Labute approximate surface area is 113 Å². The second-order valence-corrected chi connectivity index (χ2v) is 3.92. The number of anilines is 1. The molecule has 0 heterocycles. The van der Waals surface area contributed by atoms with E-state index in [4.69, 9.17) is 11.6 Å². The van der Waals surface area contributed by atoms with Gasteiger partial charge in [0.25, 0.3) is 0 Å². The predicted molar refractivity (Wildman–Crippen MR) is 59.6 cm³/mol. The van der Waals surface area contributed by atoms with E-state index >= 15 is 0 Å². The van der Waals surface area contributed by atoms with E-state index in [2.05, 4.69) is 0 Å². The Bertz CT molecular complexity index is 515. The summed E-state index contributed by atoms with van der Waals surface area (Å²) in [6.45, 7) is 0. The number of hydrogen-bond acceptors (Lipinski definition) is 2. The molecule has 0 aliphatic heterocycles. The minimum Gasteiger partial charge on any atom is -0.308 e. The molecular weight excluding hydrogens is 311 g/mol. The number of carbonyl (C=O) groups is 2. The van der Waals surface area contributed by atoms with E-state index in [9.17, 15) is 31.5 Å². The zero-order valence-corrected chi connectivity index (χ0v) is 10.1. The van der Waals surface area contributed by atoms with Crippen molar-refractivity contribution in [2.45, 2.75) is 12.1 Å². The Kier molecular flexibility index (Phi) is 4.53. The van der Waals surface area contributed by atoms with E-state index in [1.165, 1.54) is 24.3 Å². The molecule has 0 aliphatic rings. The number of amides is 3. The zero-order valence-electron chi connectivity index (χ0n) is 9.39. The van der Waals surface area contributed by atoms with Gasteiger partial charge in [-0.25, -0.2) is 4.79 Å². The first-order valence-corrected chi connectivity index (χ1v) is 5.24. The molecule has 0 saturated carbocycles. The van der Waals surface area contributed by atoms with Crippen molar-refractivity contribution in [2.75, 3.05) is 5.32 Å². The largest absolute Gasteiger partial charge is 0.463 e. The lowest BCUT2D eigenvalue weighted by Crippen LogP contribution is -2.52. The van der Waals surface area contributed by atoms with Gasteiger partial charge in [0.1, 0.15) is 0 Å². The van der Waals surface area contributed by atoms with Gasteiger partial charge >= 0.3 is 24.0 Å². The van der Waals surface area contributed by atoms with Gasteiger partial charge in [0.15, 0.2) is 0 Å². The molecule has 0 fully saturated rings. The van der Waals surface area contributed by atoms with Crippen LogP contribution in [0, 0.1) is 0 Å². The molecule has 0 radical (unpaired) electrons. The number of imide groups is 1. The fourth-order valence-corrected chi connectivity index (χ4v) is 1.13. The van der Waals surface area contributed by atoms with E-state index in [1.807, 2.05) is 5.32 Å². The molecular formula is C10H6ClF5N2O2. The molecule has 1 aromatic rings. The van der Waals surface area contributed by atoms with Crippen molar-refractivity contribution < 1.29 is 31.5 Å². The van der Waals surface area contributed by atoms with Crippen LogP contribution in [0.1, 0.15) is 0 Å². The highest BCUT2D eigenvalue weighted by Crippen LogP contribution is 2.35. The van der Waals surface area contributed by atoms with Gasteiger partial charge in [-0.1, -0.05) is 11.6 Å². The van der Waals surface area contributed by atoms with Crippen LogP contribution in [0.3, 0.4) is 0 Å². The summed E-state index contributed by atoms with van der Waals surface area (Å²) in [5, 5.41) is 3.11. The molecule has 0 unspecified atom stereocenters. The molecule has 0 atom stereocenters. The van der Waals surface area contributed by atoms with Gasteiger partial charge in [-0.15, -0.1) is 0 Å². The van der Waals surface area contributed by atoms with Crippen LogP contribution in [0.2, 0.25) is 5.02 Å². The highest BCUT2D eigenvalue weighted by atomic mass is 35.5. The second kappa shape index (κ2) is 5.61. The minimum absolute atomic E-state index is 0.0509. The van der Waals surface area contributed by atoms with Crippen LogP contribution in [0.5, 0.6) is 0 Å². The topological polar surface area (TPSA) is 58.2 Å². The van der Waals surface area contributed by atoms with Crippen LogP contribution in [0.25, 0.3) is 0 Å². The molecule has 20 heavy (non-hydrogen) atoms. The molecule has 10 heteroatoms. The van der Waals surface area contributed by atoms with Crippen LogP contribution < -0.4 is 10.6 Å². The number of carbonyl (C=O) groups excluding carboxylic acids is 2. The summed E-state index contributed by atoms with van der Waals surface area (Å²) in [6.07, 6.45) is -6.09. The first-order chi connectivity index (χ1) is 9.04. The smallest absolute Gasteiger partial charge is 0.308 e. The van der Waals surface area contributed by atoms with Crippen LogP contribution >= 0.6 is 11.6 Å². The summed E-state index contributed by atoms with van der Waals surface area (Å²) < 4.78 is 60.6. The van der Waals surface area contributed by atoms with Gasteiger partial charge in [-0.2, -0.15) is 22.0 Å². The van der Waals surface area contributed by atoms with Crippen molar-refractivity contribution in [1.29, 1.82) is 0 Å².